The van der Waals surface area contributed by atoms with Crippen molar-refractivity contribution >= 4 is 68.5 Å². The number of aromatic nitrogens is 6. The Morgan fingerprint density at radius 3 is 2.95 bits per heavy atom. The average Bonchev–Trinajstić information content (AvgIpc) is 3.09. The van der Waals surface area contributed by atoms with Gasteiger partial charge in [-0.2, -0.15) is 23.8 Å². The molecule has 0 radical (unpaired) electrons. The fourth-order valence-corrected chi connectivity index (χ4v) is 2.88. The quantitative estimate of drug-likeness (QED) is 0.544. The minimum Gasteiger partial charge on any atom is -0.336 e. The van der Waals surface area contributed by atoms with E-state index in [4.69, 9.17) is 23.2 Å². The van der Waals surface area contributed by atoms with Gasteiger partial charge in [-0.25, -0.2) is 0 Å². The normalized spacial score (nSPS) is 11.3. The number of fused-ring (bicyclic) bond motifs is 2. The first-order chi connectivity index (χ1) is 10.2. The van der Waals surface area contributed by atoms with Gasteiger partial charge in [-0.05, 0) is 23.7 Å². The van der Waals surface area contributed by atoms with Crippen molar-refractivity contribution in [1.29, 1.82) is 0 Å². The maximum absolute atomic E-state index is 6.25. The van der Waals surface area contributed by atoms with E-state index in [1.54, 1.807) is 12.3 Å². The first kappa shape index (κ1) is 12.7. The molecule has 0 fully saturated rings. The van der Waals surface area contributed by atoms with Gasteiger partial charge >= 0.3 is 0 Å². The van der Waals surface area contributed by atoms with E-state index in [-0.39, 0.29) is 5.28 Å². The number of hydrogen-bond acceptors (Lipinski definition) is 7. The van der Waals surface area contributed by atoms with E-state index >= 15 is 0 Å². The van der Waals surface area contributed by atoms with Crippen molar-refractivity contribution in [3.05, 3.63) is 28.6 Å². The van der Waals surface area contributed by atoms with Crippen molar-refractivity contribution in [3.63, 3.8) is 0 Å². The van der Waals surface area contributed by atoms with Crippen molar-refractivity contribution in [2.45, 2.75) is 0 Å². The van der Waals surface area contributed by atoms with Crippen LogP contribution in [-0.2, 0) is 0 Å². The van der Waals surface area contributed by atoms with Crippen molar-refractivity contribution in [2.24, 2.45) is 0 Å². The summed E-state index contributed by atoms with van der Waals surface area (Å²) in [5.41, 5.74) is 2.60. The molecule has 0 aliphatic carbocycles. The average molecular weight is 338 g/mol. The predicted molar refractivity (Wildman–Crippen MR) is 82.4 cm³/mol. The minimum atomic E-state index is 0.106. The number of halogens is 2. The van der Waals surface area contributed by atoms with Crippen LogP contribution in [0.3, 0.4) is 0 Å². The summed E-state index contributed by atoms with van der Waals surface area (Å²) in [6.45, 7) is 0. The smallest absolute Gasteiger partial charge is 0.226 e. The van der Waals surface area contributed by atoms with Crippen molar-refractivity contribution in [1.82, 2.24) is 28.9 Å². The van der Waals surface area contributed by atoms with Crippen LogP contribution in [0.5, 0.6) is 0 Å². The van der Waals surface area contributed by atoms with E-state index in [0.717, 1.165) is 17.2 Å². The fourth-order valence-electron chi connectivity index (χ4n) is 1.97. The van der Waals surface area contributed by atoms with Gasteiger partial charge in [-0.3, -0.25) is 5.10 Å². The standard InChI is InChI=1S/C11H5Cl2N7S/c12-5-1-2-6-8(20-21-19-6)7(5)15-9-4-3-14-18-10(4)17-11(13)16-9/h1-3H,(H2,14,15,16,17,18). The molecule has 0 bridgehead atoms. The van der Waals surface area contributed by atoms with E-state index in [0.29, 0.717) is 33.1 Å². The Bertz CT molecular complexity index is 964. The zero-order valence-corrected chi connectivity index (χ0v) is 12.5. The Labute approximate surface area is 131 Å². The highest BCUT2D eigenvalue weighted by atomic mass is 35.5. The number of aromatic amines is 1. The third-order valence-corrected chi connectivity index (χ3v) is 3.93. The molecule has 0 atom stereocenters. The minimum absolute atomic E-state index is 0.106. The number of H-pyrrole nitrogens is 1. The molecule has 21 heavy (non-hydrogen) atoms. The highest BCUT2D eigenvalue weighted by Crippen LogP contribution is 2.33. The maximum Gasteiger partial charge on any atom is 0.226 e. The van der Waals surface area contributed by atoms with Crippen molar-refractivity contribution in [3.8, 4) is 0 Å². The lowest BCUT2D eigenvalue weighted by atomic mass is 10.2. The number of rotatable bonds is 2. The number of nitrogens with one attached hydrogen (secondary N) is 2. The first-order valence-corrected chi connectivity index (χ1v) is 7.25. The SMILES string of the molecule is Clc1nc(Nc2c(Cl)ccc3nsnc23)c2cn[nH]c2n1. The Morgan fingerprint density at radius 2 is 2.05 bits per heavy atom. The molecule has 2 N–H and O–H groups in total. The molecule has 0 aliphatic rings. The molecule has 4 aromatic rings. The molecule has 10 heteroatoms. The Balaban J connectivity index is 1.92. The molecule has 3 aromatic heterocycles. The summed E-state index contributed by atoms with van der Waals surface area (Å²) in [4.78, 5) is 8.23. The van der Waals surface area contributed by atoms with Crippen molar-refractivity contribution < 1.29 is 0 Å². The van der Waals surface area contributed by atoms with Crippen LogP contribution in [0.25, 0.3) is 22.1 Å². The predicted octanol–water partition coefficient (Wildman–Crippen LogP) is 3.41. The lowest BCUT2D eigenvalue weighted by Gasteiger charge is -2.08. The van der Waals surface area contributed by atoms with Gasteiger partial charge in [0.2, 0.25) is 5.28 Å². The Kier molecular flexibility index (Phi) is 2.88. The van der Waals surface area contributed by atoms with E-state index < -0.39 is 0 Å². The zero-order valence-electron chi connectivity index (χ0n) is 10.1. The van der Waals surface area contributed by atoms with E-state index in [1.807, 2.05) is 6.07 Å². The monoisotopic (exact) mass is 337 g/mol. The summed E-state index contributed by atoms with van der Waals surface area (Å²) in [6.07, 6.45) is 1.61. The van der Waals surface area contributed by atoms with E-state index in [2.05, 4.69) is 34.2 Å². The van der Waals surface area contributed by atoms with Crippen LogP contribution in [0.2, 0.25) is 10.3 Å². The van der Waals surface area contributed by atoms with Gasteiger partial charge < -0.3 is 5.32 Å². The number of hydrogen-bond donors (Lipinski definition) is 2. The van der Waals surface area contributed by atoms with Crippen LogP contribution >= 0.6 is 34.9 Å². The summed E-state index contributed by atoms with van der Waals surface area (Å²) < 4.78 is 8.44. The van der Waals surface area contributed by atoms with Crippen LogP contribution in [-0.4, -0.2) is 28.9 Å². The highest BCUT2D eigenvalue weighted by Gasteiger charge is 2.14. The molecule has 7 nitrogen and oxygen atoms in total. The first-order valence-electron chi connectivity index (χ1n) is 5.77. The summed E-state index contributed by atoms with van der Waals surface area (Å²) in [7, 11) is 0. The molecule has 0 aliphatic heterocycles. The topological polar surface area (TPSA) is 92.3 Å². The molecule has 3 heterocycles. The zero-order chi connectivity index (χ0) is 14.4. The number of nitrogens with zero attached hydrogens (tertiary/aromatic N) is 5. The maximum atomic E-state index is 6.25. The second kappa shape index (κ2) is 4.76. The molecule has 104 valence electrons. The fraction of sp³-hybridized carbons (Fsp3) is 0. The number of anilines is 2. The van der Waals surface area contributed by atoms with Crippen LogP contribution in [0, 0.1) is 0 Å². The Hall–Kier alpha value is -2.03. The summed E-state index contributed by atoms with van der Waals surface area (Å²) in [5, 5.41) is 11.2. The highest BCUT2D eigenvalue weighted by molar-refractivity contribution is 7.00. The van der Waals surface area contributed by atoms with Crippen LogP contribution in [0.1, 0.15) is 0 Å². The lowest BCUT2D eigenvalue weighted by molar-refractivity contribution is 1.09. The van der Waals surface area contributed by atoms with E-state index in [9.17, 15) is 0 Å². The second-order valence-corrected chi connectivity index (χ2v) is 5.43. The van der Waals surface area contributed by atoms with E-state index in [1.165, 1.54) is 0 Å². The largest absolute Gasteiger partial charge is 0.336 e. The van der Waals surface area contributed by atoms with Gasteiger partial charge in [0.15, 0.2) is 5.65 Å². The van der Waals surface area contributed by atoms with Crippen molar-refractivity contribution in [2.75, 3.05) is 5.32 Å². The molecular formula is C11H5Cl2N7S. The van der Waals surface area contributed by atoms with Gasteiger partial charge in [0, 0.05) is 0 Å². The summed E-state index contributed by atoms with van der Waals surface area (Å²) >= 11 is 13.3. The third kappa shape index (κ3) is 2.08. The summed E-state index contributed by atoms with van der Waals surface area (Å²) in [5.74, 6) is 0.501. The number of benzene rings is 1. The van der Waals surface area contributed by atoms with Gasteiger partial charge in [-0.15, -0.1) is 0 Å². The molecule has 0 unspecified atom stereocenters. The molecular weight excluding hydrogens is 333 g/mol. The summed E-state index contributed by atoms with van der Waals surface area (Å²) in [6, 6.07) is 3.57. The molecule has 0 spiro atoms. The molecule has 0 saturated heterocycles. The molecule has 0 amide bonds. The van der Waals surface area contributed by atoms with Gasteiger partial charge in [0.05, 0.1) is 34.0 Å². The van der Waals surface area contributed by atoms with Gasteiger partial charge in [-0.1, -0.05) is 11.6 Å². The van der Waals surface area contributed by atoms with Crippen LogP contribution < -0.4 is 5.32 Å². The Morgan fingerprint density at radius 1 is 1.14 bits per heavy atom. The third-order valence-electron chi connectivity index (χ3n) is 2.90. The second-order valence-electron chi connectivity index (χ2n) is 4.15. The molecule has 1 aromatic carbocycles. The molecule has 4 rings (SSSR count). The molecule has 0 saturated carbocycles. The van der Waals surface area contributed by atoms with Crippen LogP contribution in [0.15, 0.2) is 18.3 Å². The van der Waals surface area contributed by atoms with Gasteiger partial charge in [0.25, 0.3) is 0 Å². The van der Waals surface area contributed by atoms with Gasteiger partial charge in [0.1, 0.15) is 16.9 Å². The van der Waals surface area contributed by atoms with Crippen LogP contribution in [0.4, 0.5) is 11.5 Å². The lowest BCUT2D eigenvalue weighted by Crippen LogP contribution is -1.98.